The van der Waals surface area contributed by atoms with Gasteiger partial charge in [-0.2, -0.15) is 0 Å². The highest BCUT2D eigenvalue weighted by Crippen LogP contribution is 2.24. The first kappa shape index (κ1) is 17.0. The van der Waals surface area contributed by atoms with Gasteiger partial charge >= 0.3 is 5.97 Å². The summed E-state index contributed by atoms with van der Waals surface area (Å²) in [6.45, 7) is 7.05. The van der Waals surface area contributed by atoms with Gasteiger partial charge in [-0.05, 0) is 38.1 Å². The maximum Gasteiger partial charge on any atom is 0.319 e. The summed E-state index contributed by atoms with van der Waals surface area (Å²) in [5.41, 5.74) is 0. The Morgan fingerprint density at radius 3 is 3.00 bits per heavy atom. The lowest BCUT2D eigenvalue weighted by Crippen LogP contribution is -2.18. The lowest BCUT2D eigenvalue weighted by molar-refractivity contribution is -0.142. The SMILES string of the molecule is CCCOC(=O)C(C)Sc1nnc(C)n1CCc1cccs1. The molecule has 0 saturated heterocycles. The Balaban J connectivity index is 1.97. The number of thioether (sulfide) groups is 1. The second-order valence-electron chi connectivity index (χ2n) is 4.94. The van der Waals surface area contributed by atoms with Gasteiger partial charge in [0.15, 0.2) is 5.16 Å². The Hall–Kier alpha value is -1.34. The molecule has 2 heterocycles. The van der Waals surface area contributed by atoms with Crippen molar-refractivity contribution in [1.82, 2.24) is 14.8 Å². The van der Waals surface area contributed by atoms with Gasteiger partial charge in [-0.3, -0.25) is 4.79 Å². The number of carbonyl (C=O) groups is 1. The van der Waals surface area contributed by atoms with Gasteiger partial charge in [-0.1, -0.05) is 24.8 Å². The van der Waals surface area contributed by atoms with Crippen LogP contribution >= 0.6 is 23.1 Å². The molecule has 0 aliphatic carbocycles. The van der Waals surface area contributed by atoms with Crippen molar-refractivity contribution >= 4 is 29.1 Å². The largest absolute Gasteiger partial charge is 0.465 e. The van der Waals surface area contributed by atoms with Crippen molar-refractivity contribution in [2.24, 2.45) is 0 Å². The molecule has 0 amide bonds. The van der Waals surface area contributed by atoms with Gasteiger partial charge in [-0.15, -0.1) is 21.5 Å². The van der Waals surface area contributed by atoms with Crippen LogP contribution in [0, 0.1) is 6.92 Å². The van der Waals surface area contributed by atoms with E-state index < -0.39 is 0 Å². The fourth-order valence-corrected chi connectivity index (χ4v) is 3.53. The quantitative estimate of drug-likeness (QED) is 0.545. The molecule has 0 aliphatic rings. The van der Waals surface area contributed by atoms with Gasteiger partial charge in [0.1, 0.15) is 11.1 Å². The molecule has 0 fully saturated rings. The summed E-state index contributed by atoms with van der Waals surface area (Å²) in [7, 11) is 0. The summed E-state index contributed by atoms with van der Waals surface area (Å²) in [6, 6.07) is 4.18. The highest BCUT2D eigenvalue weighted by atomic mass is 32.2. The minimum Gasteiger partial charge on any atom is -0.465 e. The second kappa shape index (κ2) is 8.33. The number of nitrogens with zero attached hydrogens (tertiary/aromatic N) is 3. The van der Waals surface area contributed by atoms with Crippen LogP contribution < -0.4 is 0 Å². The van der Waals surface area contributed by atoms with Gasteiger partial charge in [-0.25, -0.2) is 0 Å². The van der Waals surface area contributed by atoms with Crippen molar-refractivity contribution in [2.45, 2.75) is 50.6 Å². The van der Waals surface area contributed by atoms with Crippen LogP contribution in [0.4, 0.5) is 0 Å². The molecule has 2 rings (SSSR count). The van der Waals surface area contributed by atoms with E-state index in [0.717, 1.165) is 30.4 Å². The number of aromatic nitrogens is 3. The molecule has 0 saturated carbocycles. The molecule has 0 aliphatic heterocycles. The van der Waals surface area contributed by atoms with E-state index in [4.69, 9.17) is 4.74 Å². The summed E-state index contributed by atoms with van der Waals surface area (Å²) >= 11 is 3.15. The molecule has 0 N–H and O–H groups in total. The van der Waals surface area contributed by atoms with Gasteiger partial charge in [0.25, 0.3) is 0 Å². The predicted molar refractivity (Wildman–Crippen MR) is 89.4 cm³/mol. The van der Waals surface area contributed by atoms with Crippen LogP contribution in [0.25, 0.3) is 0 Å². The third kappa shape index (κ3) is 4.58. The first-order valence-electron chi connectivity index (χ1n) is 7.37. The first-order valence-corrected chi connectivity index (χ1v) is 9.13. The van der Waals surface area contributed by atoms with Gasteiger partial charge in [0, 0.05) is 11.4 Å². The van der Waals surface area contributed by atoms with Crippen LogP contribution in [0.1, 0.15) is 31.0 Å². The third-order valence-electron chi connectivity index (χ3n) is 3.13. The summed E-state index contributed by atoms with van der Waals surface area (Å²) in [4.78, 5) is 13.2. The fourth-order valence-electron chi connectivity index (χ4n) is 1.91. The average molecular weight is 339 g/mol. The van der Waals surface area contributed by atoms with Crippen LogP contribution in [0.3, 0.4) is 0 Å². The van der Waals surface area contributed by atoms with Crippen molar-refractivity contribution in [3.8, 4) is 0 Å². The van der Waals surface area contributed by atoms with E-state index in [0.29, 0.717) is 6.61 Å². The Kier molecular flexibility index (Phi) is 6.45. The Morgan fingerprint density at radius 2 is 2.32 bits per heavy atom. The van der Waals surface area contributed by atoms with Gasteiger partial charge < -0.3 is 9.30 Å². The van der Waals surface area contributed by atoms with E-state index in [1.165, 1.54) is 16.6 Å². The van der Waals surface area contributed by atoms with Crippen molar-refractivity contribution in [2.75, 3.05) is 6.61 Å². The average Bonchev–Trinajstić information content (AvgIpc) is 3.13. The summed E-state index contributed by atoms with van der Waals surface area (Å²) < 4.78 is 7.24. The lowest BCUT2D eigenvalue weighted by Gasteiger charge is -2.12. The number of aryl methyl sites for hydroxylation is 2. The standard InChI is InChI=1S/C15H21N3O2S2/c1-4-9-20-14(19)11(2)22-15-17-16-12(3)18(15)8-7-13-6-5-10-21-13/h5-6,10-11H,4,7-9H2,1-3H3. The molecular formula is C15H21N3O2S2. The smallest absolute Gasteiger partial charge is 0.319 e. The zero-order chi connectivity index (χ0) is 15.9. The minimum absolute atomic E-state index is 0.197. The molecule has 1 unspecified atom stereocenters. The molecule has 1 atom stereocenters. The molecule has 22 heavy (non-hydrogen) atoms. The summed E-state index contributed by atoms with van der Waals surface area (Å²) in [5, 5.41) is 10.9. The van der Waals surface area contributed by atoms with Crippen LogP contribution in [-0.4, -0.2) is 32.6 Å². The van der Waals surface area contributed by atoms with Crippen LogP contribution in [0.15, 0.2) is 22.7 Å². The van der Waals surface area contributed by atoms with E-state index in [-0.39, 0.29) is 11.2 Å². The maximum absolute atomic E-state index is 11.9. The predicted octanol–water partition coefficient (Wildman–Crippen LogP) is 3.32. The lowest BCUT2D eigenvalue weighted by atomic mass is 10.3. The number of hydrogen-bond acceptors (Lipinski definition) is 6. The number of hydrogen-bond donors (Lipinski definition) is 0. The van der Waals surface area contributed by atoms with E-state index in [9.17, 15) is 4.79 Å². The summed E-state index contributed by atoms with van der Waals surface area (Å²) in [6.07, 6.45) is 1.78. The normalized spacial score (nSPS) is 12.3. The molecular weight excluding hydrogens is 318 g/mol. The first-order chi connectivity index (χ1) is 10.6. The Bertz CT molecular complexity index is 596. The van der Waals surface area contributed by atoms with Crippen molar-refractivity contribution < 1.29 is 9.53 Å². The van der Waals surface area contributed by atoms with E-state index >= 15 is 0 Å². The number of esters is 1. The van der Waals surface area contributed by atoms with E-state index in [1.54, 1.807) is 11.3 Å². The number of rotatable bonds is 8. The van der Waals surface area contributed by atoms with Crippen molar-refractivity contribution in [3.05, 3.63) is 28.2 Å². The van der Waals surface area contributed by atoms with Crippen molar-refractivity contribution in [1.29, 1.82) is 0 Å². The molecule has 7 heteroatoms. The maximum atomic E-state index is 11.9. The van der Waals surface area contributed by atoms with Gasteiger partial charge in [0.2, 0.25) is 0 Å². The Morgan fingerprint density at radius 1 is 1.50 bits per heavy atom. The monoisotopic (exact) mass is 339 g/mol. The van der Waals surface area contributed by atoms with E-state index in [1.807, 2.05) is 20.8 Å². The third-order valence-corrected chi connectivity index (χ3v) is 5.12. The van der Waals surface area contributed by atoms with Crippen LogP contribution in [0.5, 0.6) is 0 Å². The van der Waals surface area contributed by atoms with Crippen LogP contribution in [0.2, 0.25) is 0 Å². The molecule has 0 aromatic carbocycles. The van der Waals surface area contributed by atoms with Crippen LogP contribution in [-0.2, 0) is 22.5 Å². The number of thiophene rings is 1. The molecule has 0 spiro atoms. The highest BCUT2D eigenvalue weighted by Gasteiger charge is 2.20. The zero-order valence-electron chi connectivity index (χ0n) is 13.1. The highest BCUT2D eigenvalue weighted by molar-refractivity contribution is 8.00. The molecule has 2 aromatic rings. The molecule has 0 bridgehead atoms. The molecule has 2 aromatic heterocycles. The number of ether oxygens (including phenoxy) is 1. The molecule has 120 valence electrons. The Labute approximate surface area is 139 Å². The molecule has 0 radical (unpaired) electrons. The number of carbonyl (C=O) groups excluding carboxylic acids is 1. The zero-order valence-corrected chi connectivity index (χ0v) is 14.7. The van der Waals surface area contributed by atoms with Gasteiger partial charge in [0.05, 0.1) is 6.61 Å². The summed E-state index contributed by atoms with van der Waals surface area (Å²) in [5.74, 6) is 0.672. The minimum atomic E-state index is -0.282. The van der Waals surface area contributed by atoms with Crippen molar-refractivity contribution in [3.63, 3.8) is 0 Å². The fraction of sp³-hybridized carbons (Fsp3) is 0.533. The van der Waals surface area contributed by atoms with E-state index in [2.05, 4.69) is 32.3 Å². The topological polar surface area (TPSA) is 57.0 Å². The second-order valence-corrected chi connectivity index (χ2v) is 7.28. The molecule has 5 nitrogen and oxygen atoms in total.